The zero-order chi connectivity index (χ0) is 12.5. The number of rotatable bonds is 2. The van der Waals surface area contributed by atoms with Gasteiger partial charge >= 0.3 is 0 Å². The second-order valence-electron chi connectivity index (χ2n) is 4.46. The second kappa shape index (κ2) is 4.45. The van der Waals surface area contributed by atoms with Gasteiger partial charge in [0.25, 0.3) is 0 Å². The van der Waals surface area contributed by atoms with Gasteiger partial charge in [0.2, 0.25) is 11.7 Å². The van der Waals surface area contributed by atoms with Crippen molar-refractivity contribution in [2.45, 2.75) is 18.9 Å². The van der Waals surface area contributed by atoms with Crippen molar-refractivity contribution in [2.24, 2.45) is 0 Å². The third kappa shape index (κ3) is 1.99. The Hall–Kier alpha value is -1.82. The zero-order valence-electron chi connectivity index (χ0n) is 10.0. The molecule has 0 aliphatic carbocycles. The maximum atomic E-state index is 12.8. The highest BCUT2D eigenvalue weighted by Gasteiger charge is 2.28. The van der Waals surface area contributed by atoms with E-state index in [0.29, 0.717) is 17.4 Å². The standard InChI is InChI=1S/C12H13FN4O/c1-17-6-2-3-10(17)12-15-11(16-18-12)9-5-4-8(13)7-14-9/h4-5,7,10H,2-3,6H2,1H3. The molecule has 0 amide bonds. The van der Waals surface area contributed by atoms with Crippen LogP contribution in [0, 0.1) is 5.82 Å². The molecular formula is C12H13FN4O. The molecule has 0 spiro atoms. The molecule has 3 rings (SSSR count). The van der Waals surface area contributed by atoms with E-state index in [-0.39, 0.29) is 11.9 Å². The summed E-state index contributed by atoms with van der Waals surface area (Å²) in [6.45, 7) is 1.04. The van der Waals surface area contributed by atoms with Gasteiger partial charge in [-0.2, -0.15) is 4.98 Å². The van der Waals surface area contributed by atoms with E-state index < -0.39 is 0 Å². The van der Waals surface area contributed by atoms with Crippen LogP contribution in [0.5, 0.6) is 0 Å². The van der Waals surface area contributed by atoms with Gasteiger partial charge in [-0.25, -0.2) is 9.37 Å². The molecule has 2 aromatic heterocycles. The monoisotopic (exact) mass is 248 g/mol. The molecule has 94 valence electrons. The van der Waals surface area contributed by atoms with Crippen LogP contribution in [0.25, 0.3) is 11.5 Å². The topological polar surface area (TPSA) is 55.1 Å². The molecule has 1 aliphatic rings. The minimum absolute atomic E-state index is 0.187. The molecule has 1 aliphatic heterocycles. The highest BCUT2D eigenvalue weighted by atomic mass is 19.1. The fourth-order valence-electron chi connectivity index (χ4n) is 2.20. The van der Waals surface area contributed by atoms with Crippen molar-refractivity contribution in [3.8, 4) is 11.5 Å². The molecule has 18 heavy (non-hydrogen) atoms. The first-order valence-corrected chi connectivity index (χ1v) is 5.90. The van der Waals surface area contributed by atoms with E-state index in [1.807, 2.05) is 7.05 Å². The van der Waals surface area contributed by atoms with Crippen LogP contribution in [0.3, 0.4) is 0 Å². The largest absolute Gasteiger partial charge is 0.337 e. The van der Waals surface area contributed by atoms with E-state index >= 15 is 0 Å². The number of likely N-dealkylation sites (tertiary alicyclic amines) is 1. The lowest BCUT2D eigenvalue weighted by Crippen LogP contribution is -2.17. The summed E-state index contributed by atoms with van der Waals surface area (Å²) in [7, 11) is 2.04. The van der Waals surface area contributed by atoms with Crippen LogP contribution in [0.15, 0.2) is 22.9 Å². The van der Waals surface area contributed by atoms with Crippen LogP contribution in [0.2, 0.25) is 0 Å². The van der Waals surface area contributed by atoms with Crippen molar-refractivity contribution in [1.82, 2.24) is 20.0 Å². The predicted octanol–water partition coefficient (Wildman–Crippen LogP) is 2.04. The Morgan fingerprint density at radius 1 is 1.44 bits per heavy atom. The Bertz CT molecular complexity index is 539. The summed E-state index contributed by atoms with van der Waals surface area (Å²) in [5, 5.41) is 3.90. The van der Waals surface area contributed by atoms with E-state index in [1.165, 1.54) is 6.07 Å². The average Bonchev–Trinajstić information content (AvgIpc) is 2.98. The Morgan fingerprint density at radius 2 is 2.33 bits per heavy atom. The van der Waals surface area contributed by atoms with Gasteiger partial charge in [-0.1, -0.05) is 5.16 Å². The third-order valence-electron chi connectivity index (χ3n) is 3.20. The van der Waals surface area contributed by atoms with Gasteiger partial charge in [-0.05, 0) is 38.6 Å². The molecular weight excluding hydrogens is 235 g/mol. The molecule has 1 atom stereocenters. The minimum Gasteiger partial charge on any atom is -0.337 e. The predicted molar refractivity (Wildman–Crippen MR) is 62.1 cm³/mol. The zero-order valence-corrected chi connectivity index (χ0v) is 10.0. The Kier molecular flexibility index (Phi) is 2.79. The molecule has 0 saturated carbocycles. The summed E-state index contributed by atoms with van der Waals surface area (Å²) >= 11 is 0. The molecule has 1 saturated heterocycles. The van der Waals surface area contributed by atoms with Crippen LogP contribution in [0.4, 0.5) is 4.39 Å². The molecule has 0 aromatic carbocycles. The molecule has 3 heterocycles. The normalized spacial score (nSPS) is 20.4. The fraction of sp³-hybridized carbons (Fsp3) is 0.417. The average molecular weight is 248 g/mol. The Balaban J connectivity index is 1.87. The molecule has 0 radical (unpaired) electrons. The van der Waals surface area contributed by atoms with Crippen molar-refractivity contribution < 1.29 is 8.91 Å². The van der Waals surface area contributed by atoms with Crippen LogP contribution >= 0.6 is 0 Å². The molecule has 1 fully saturated rings. The smallest absolute Gasteiger partial charge is 0.244 e. The quantitative estimate of drug-likeness (QED) is 0.814. The number of nitrogens with zero attached hydrogens (tertiary/aromatic N) is 4. The number of aromatic nitrogens is 3. The SMILES string of the molecule is CN1CCCC1c1nc(-c2ccc(F)cn2)no1. The maximum absolute atomic E-state index is 12.8. The lowest BCUT2D eigenvalue weighted by Gasteiger charge is -2.14. The van der Waals surface area contributed by atoms with Gasteiger partial charge in [0.05, 0.1) is 12.2 Å². The maximum Gasteiger partial charge on any atom is 0.244 e. The number of hydrogen-bond acceptors (Lipinski definition) is 5. The van der Waals surface area contributed by atoms with Gasteiger partial charge in [-0.3, -0.25) is 4.90 Å². The molecule has 0 bridgehead atoms. The van der Waals surface area contributed by atoms with Gasteiger partial charge < -0.3 is 4.52 Å². The summed E-state index contributed by atoms with van der Waals surface area (Å²) in [5.41, 5.74) is 0.520. The second-order valence-corrected chi connectivity index (χ2v) is 4.46. The van der Waals surface area contributed by atoms with Gasteiger partial charge in [-0.15, -0.1) is 0 Å². The van der Waals surface area contributed by atoms with Crippen LogP contribution in [0.1, 0.15) is 24.8 Å². The van der Waals surface area contributed by atoms with E-state index in [1.54, 1.807) is 6.07 Å². The first-order chi connectivity index (χ1) is 8.74. The van der Waals surface area contributed by atoms with Gasteiger partial charge in [0.15, 0.2) is 0 Å². The first-order valence-electron chi connectivity index (χ1n) is 5.90. The van der Waals surface area contributed by atoms with E-state index in [2.05, 4.69) is 20.0 Å². The first kappa shape index (κ1) is 11.3. The van der Waals surface area contributed by atoms with Crippen molar-refractivity contribution in [3.63, 3.8) is 0 Å². The van der Waals surface area contributed by atoms with Gasteiger partial charge in [0.1, 0.15) is 11.5 Å². The summed E-state index contributed by atoms with van der Waals surface area (Å²) in [4.78, 5) is 10.5. The van der Waals surface area contributed by atoms with E-state index in [0.717, 1.165) is 25.6 Å². The van der Waals surface area contributed by atoms with Crippen molar-refractivity contribution in [3.05, 3.63) is 30.0 Å². The van der Waals surface area contributed by atoms with Crippen molar-refractivity contribution >= 4 is 0 Å². The minimum atomic E-state index is -0.377. The summed E-state index contributed by atoms with van der Waals surface area (Å²) < 4.78 is 18.0. The van der Waals surface area contributed by atoms with Crippen molar-refractivity contribution in [1.29, 1.82) is 0 Å². The van der Waals surface area contributed by atoms with Crippen molar-refractivity contribution in [2.75, 3.05) is 13.6 Å². The Labute approximate surface area is 104 Å². The van der Waals surface area contributed by atoms with Crippen LogP contribution in [-0.4, -0.2) is 33.6 Å². The lowest BCUT2D eigenvalue weighted by atomic mass is 10.2. The molecule has 2 aromatic rings. The molecule has 6 heteroatoms. The molecule has 1 unspecified atom stereocenters. The van der Waals surface area contributed by atoms with E-state index in [4.69, 9.17) is 4.52 Å². The van der Waals surface area contributed by atoms with Crippen LogP contribution in [-0.2, 0) is 0 Å². The third-order valence-corrected chi connectivity index (χ3v) is 3.20. The van der Waals surface area contributed by atoms with E-state index in [9.17, 15) is 4.39 Å². The highest BCUT2D eigenvalue weighted by molar-refractivity contribution is 5.47. The summed E-state index contributed by atoms with van der Waals surface area (Å²) in [6.07, 6.45) is 3.30. The van der Waals surface area contributed by atoms with Gasteiger partial charge in [0, 0.05) is 0 Å². The highest BCUT2D eigenvalue weighted by Crippen LogP contribution is 2.29. The summed E-state index contributed by atoms with van der Waals surface area (Å²) in [6, 6.07) is 3.06. The fourth-order valence-corrected chi connectivity index (χ4v) is 2.20. The lowest BCUT2D eigenvalue weighted by molar-refractivity contribution is 0.245. The number of halogens is 1. The molecule has 0 N–H and O–H groups in total. The Morgan fingerprint density at radius 3 is 3.00 bits per heavy atom. The number of pyridine rings is 1. The van der Waals surface area contributed by atoms with Crippen LogP contribution < -0.4 is 0 Å². The summed E-state index contributed by atoms with van der Waals surface area (Å²) in [5.74, 6) is 0.638. The number of hydrogen-bond donors (Lipinski definition) is 0. The molecule has 5 nitrogen and oxygen atoms in total.